The number of amides is 1. The highest BCUT2D eigenvalue weighted by Gasteiger charge is 2.31. The normalized spacial score (nSPS) is 32.7. The molecular formula is C17H32N2O3. The predicted molar refractivity (Wildman–Crippen MR) is 86.8 cm³/mol. The molecule has 128 valence electrons. The second kappa shape index (κ2) is 7.64. The van der Waals surface area contributed by atoms with Gasteiger partial charge in [-0.25, -0.2) is 4.79 Å². The summed E-state index contributed by atoms with van der Waals surface area (Å²) < 4.78 is 5.29. The van der Waals surface area contributed by atoms with Crippen molar-refractivity contribution in [1.29, 1.82) is 0 Å². The topological polar surface area (TPSA) is 70.6 Å². The van der Waals surface area contributed by atoms with Crippen molar-refractivity contribution in [2.75, 3.05) is 6.54 Å². The first kappa shape index (κ1) is 17.5. The smallest absolute Gasteiger partial charge is 0.407 e. The average molecular weight is 312 g/mol. The van der Waals surface area contributed by atoms with Gasteiger partial charge in [-0.15, -0.1) is 0 Å². The fourth-order valence-electron chi connectivity index (χ4n) is 3.65. The molecule has 0 bridgehead atoms. The Morgan fingerprint density at radius 3 is 2.59 bits per heavy atom. The van der Waals surface area contributed by atoms with E-state index >= 15 is 0 Å². The Kier molecular flexibility index (Phi) is 6.09. The highest BCUT2D eigenvalue weighted by atomic mass is 16.6. The second-order valence-electron chi connectivity index (χ2n) is 7.86. The quantitative estimate of drug-likeness (QED) is 0.746. The van der Waals surface area contributed by atoms with Crippen LogP contribution < -0.4 is 10.6 Å². The van der Waals surface area contributed by atoms with Crippen molar-refractivity contribution in [3.63, 3.8) is 0 Å². The van der Waals surface area contributed by atoms with E-state index in [0.717, 1.165) is 38.5 Å². The summed E-state index contributed by atoms with van der Waals surface area (Å²) in [5.74, 6) is 0.464. The minimum atomic E-state index is -0.449. The Morgan fingerprint density at radius 2 is 1.91 bits per heavy atom. The number of aliphatic hydroxyl groups excluding tert-OH is 1. The van der Waals surface area contributed by atoms with Crippen LogP contribution in [0.2, 0.25) is 0 Å². The number of carbonyl (C=O) groups excluding carboxylic acids is 1. The van der Waals surface area contributed by atoms with Gasteiger partial charge >= 0.3 is 6.09 Å². The van der Waals surface area contributed by atoms with Crippen LogP contribution in [0.15, 0.2) is 0 Å². The molecule has 0 aromatic heterocycles. The Hall–Kier alpha value is -0.810. The largest absolute Gasteiger partial charge is 0.444 e. The summed E-state index contributed by atoms with van der Waals surface area (Å²) in [6, 6.07) is 0.876. The fraction of sp³-hybridized carbons (Fsp3) is 0.941. The Morgan fingerprint density at radius 1 is 1.18 bits per heavy atom. The maximum Gasteiger partial charge on any atom is 0.407 e. The van der Waals surface area contributed by atoms with Gasteiger partial charge in [0.2, 0.25) is 0 Å². The number of hydrogen-bond acceptors (Lipinski definition) is 4. The van der Waals surface area contributed by atoms with Crippen molar-refractivity contribution in [1.82, 2.24) is 10.6 Å². The van der Waals surface area contributed by atoms with Gasteiger partial charge < -0.3 is 20.5 Å². The van der Waals surface area contributed by atoms with Crippen LogP contribution in [-0.2, 0) is 4.74 Å². The van der Waals surface area contributed by atoms with Crippen molar-refractivity contribution in [3.05, 3.63) is 0 Å². The fourth-order valence-corrected chi connectivity index (χ4v) is 3.65. The van der Waals surface area contributed by atoms with Crippen LogP contribution in [0.25, 0.3) is 0 Å². The molecule has 0 spiro atoms. The zero-order valence-corrected chi connectivity index (χ0v) is 14.2. The Balaban J connectivity index is 1.74. The molecule has 0 saturated heterocycles. The van der Waals surface area contributed by atoms with Crippen LogP contribution in [-0.4, -0.2) is 41.5 Å². The standard InChI is InChI=1S/C17H32N2O3/c1-17(2,3)22-16(21)18-11-12-6-4-9-15(12)19-13-7-5-8-14(20)10-13/h12-15,19-20H,4-11H2,1-3H3,(H,18,21). The highest BCUT2D eigenvalue weighted by molar-refractivity contribution is 5.67. The van der Waals surface area contributed by atoms with Crippen LogP contribution in [0.1, 0.15) is 65.7 Å². The second-order valence-corrected chi connectivity index (χ2v) is 7.86. The molecule has 0 aromatic carbocycles. The summed E-state index contributed by atoms with van der Waals surface area (Å²) in [4.78, 5) is 11.8. The molecule has 3 N–H and O–H groups in total. The van der Waals surface area contributed by atoms with Crippen molar-refractivity contribution in [2.24, 2.45) is 5.92 Å². The molecule has 0 aliphatic heterocycles. The minimum Gasteiger partial charge on any atom is -0.444 e. The summed E-state index contributed by atoms with van der Waals surface area (Å²) in [5.41, 5.74) is -0.449. The molecule has 4 unspecified atom stereocenters. The molecule has 22 heavy (non-hydrogen) atoms. The summed E-state index contributed by atoms with van der Waals surface area (Å²) in [6.45, 7) is 6.30. The molecule has 2 aliphatic carbocycles. The van der Waals surface area contributed by atoms with Gasteiger partial charge in [-0.3, -0.25) is 0 Å². The lowest BCUT2D eigenvalue weighted by Crippen LogP contribution is -2.46. The van der Waals surface area contributed by atoms with Gasteiger partial charge in [0.25, 0.3) is 0 Å². The number of hydrogen-bond donors (Lipinski definition) is 3. The minimum absolute atomic E-state index is 0.147. The summed E-state index contributed by atoms with van der Waals surface area (Å²) in [5, 5.41) is 16.4. The van der Waals surface area contributed by atoms with Crippen LogP contribution >= 0.6 is 0 Å². The maximum atomic E-state index is 11.8. The molecule has 5 nitrogen and oxygen atoms in total. The molecule has 2 saturated carbocycles. The molecule has 1 amide bonds. The lowest BCUT2D eigenvalue weighted by Gasteiger charge is -2.32. The van der Waals surface area contributed by atoms with E-state index in [2.05, 4.69) is 10.6 Å². The molecule has 4 atom stereocenters. The maximum absolute atomic E-state index is 11.8. The van der Waals surface area contributed by atoms with Crippen LogP contribution in [0, 0.1) is 5.92 Å². The molecule has 0 radical (unpaired) electrons. The molecule has 5 heteroatoms. The Bertz CT molecular complexity index is 367. The zero-order chi connectivity index (χ0) is 16.2. The number of ether oxygens (including phenoxy) is 1. The van der Waals surface area contributed by atoms with E-state index in [0.29, 0.717) is 24.5 Å². The lowest BCUT2D eigenvalue weighted by atomic mass is 9.91. The van der Waals surface area contributed by atoms with Crippen LogP contribution in [0.3, 0.4) is 0 Å². The molecule has 0 heterocycles. The van der Waals surface area contributed by atoms with Gasteiger partial charge in [0.1, 0.15) is 5.60 Å². The van der Waals surface area contributed by atoms with E-state index in [9.17, 15) is 9.90 Å². The number of aliphatic hydroxyl groups is 1. The van der Waals surface area contributed by atoms with Gasteiger partial charge in [-0.05, 0) is 65.2 Å². The van der Waals surface area contributed by atoms with E-state index < -0.39 is 5.60 Å². The summed E-state index contributed by atoms with van der Waals surface area (Å²) in [7, 11) is 0. The third kappa shape index (κ3) is 5.76. The number of nitrogens with one attached hydrogen (secondary N) is 2. The third-order valence-corrected chi connectivity index (χ3v) is 4.66. The van der Waals surface area contributed by atoms with Crippen molar-refractivity contribution in [3.8, 4) is 0 Å². The monoisotopic (exact) mass is 312 g/mol. The molecular weight excluding hydrogens is 280 g/mol. The van der Waals surface area contributed by atoms with E-state index in [1.807, 2.05) is 20.8 Å². The van der Waals surface area contributed by atoms with E-state index in [1.54, 1.807) is 0 Å². The van der Waals surface area contributed by atoms with E-state index in [4.69, 9.17) is 4.74 Å². The SMILES string of the molecule is CC(C)(C)OC(=O)NCC1CCCC1NC1CCCC(O)C1. The van der Waals surface area contributed by atoms with Crippen molar-refractivity contribution < 1.29 is 14.6 Å². The van der Waals surface area contributed by atoms with E-state index in [-0.39, 0.29) is 12.2 Å². The Labute approximate surface area is 134 Å². The summed E-state index contributed by atoms with van der Waals surface area (Å²) in [6.07, 6.45) is 7.09. The molecule has 2 fully saturated rings. The first-order chi connectivity index (χ1) is 10.3. The third-order valence-electron chi connectivity index (χ3n) is 4.66. The summed E-state index contributed by atoms with van der Waals surface area (Å²) >= 11 is 0. The number of rotatable bonds is 4. The van der Waals surface area contributed by atoms with Crippen LogP contribution in [0.5, 0.6) is 0 Å². The average Bonchev–Trinajstić information content (AvgIpc) is 2.82. The number of carbonyl (C=O) groups is 1. The first-order valence-electron chi connectivity index (χ1n) is 8.74. The van der Waals surface area contributed by atoms with Gasteiger partial charge in [-0.1, -0.05) is 6.42 Å². The lowest BCUT2D eigenvalue weighted by molar-refractivity contribution is 0.0516. The number of alkyl carbamates (subject to hydrolysis) is 1. The first-order valence-corrected chi connectivity index (χ1v) is 8.74. The zero-order valence-electron chi connectivity index (χ0n) is 14.2. The van der Waals surface area contributed by atoms with Crippen molar-refractivity contribution in [2.45, 2.75) is 89.5 Å². The van der Waals surface area contributed by atoms with Gasteiger partial charge in [0.15, 0.2) is 0 Å². The van der Waals surface area contributed by atoms with Gasteiger partial charge in [-0.2, -0.15) is 0 Å². The molecule has 0 aromatic rings. The van der Waals surface area contributed by atoms with Crippen LogP contribution in [0.4, 0.5) is 4.79 Å². The van der Waals surface area contributed by atoms with Gasteiger partial charge in [0.05, 0.1) is 6.10 Å². The molecule has 2 aliphatic rings. The van der Waals surface area contributed by atoms with E-state index in [1.165, 1.54) is 6.42 Å². The predicted octanol–water partition coefficient (Wildman–Crippen LogP) is 2.57. The highest BCUT2D eigenvalue weighted by Crippen LogP contribution is 2.28. The van der Waals surface area contributed by atoms with Crippen molar-refractivity contribution >= 4 is 6.09 Å². The van der Waals surface area contributed by atoms with Gasteiger partial charge in [0, 0.05) is 18.6 Å². The molecule has 2 rings (SSSR count).